The first-order chi connectivity index (χ1) is 7.81. The Balaban J connectivity index is 2.56. The molecule has 0 fully saturated rings. The Bertz CT molecular complexity index is 399. The first kappa shape index (κ1) is 13.5. The highest BCUT2D eigenvalue weighted by Crippen LogP contribution is 2.21. The molecule has 1 aromatic rings. The maximum atomic E-state index is 11.9. The standard InChI is InChI=1S/C9H13F3N4O/c1-16-5-6(4-13)8(15-16)14-7(17)2-3-9(10,11)12/h5H,2-4,13H2,1H3,(H,14,15,17). The van der Waals surface area contributed by atoms with Gasteiger partial charge in [0.2, 0.25) is 5.91 Å². The van der Waals surface area contributed by atoms with Gasteiger partial charge in [0.25, 0.3) is 0 Å². The molecule has 0 bridgehead atoms. The van der Waals surface area contributed by atoms with E-state index < -0.39 is 24.9 Å². The van der Waals surface area contributed by atoms with E-state index in [1.165, 1.54) is 4.68 Å². The van der Waals surface area contributed by atoms with Gasteiger partial charge in [-0.15, -0.1) is 0 Å². The van der Waals surface area contributed by atoms with Crippen molar-refractivity contribution in [1.29, 1.82) is 0 Å². The van der Waals surface area contributed by atoms with Crippen LogP contribution in [0.3, 0.4) is 0 Å². The van der Waals surface area contributed by atoms with Crippen LogP contribution in [0.1, 0.15) is 18.4 Å². The molecule has 1 aromatic heterocycles. The molecule has 1 amide bonds. The van der Waals surface area contributed by atoms with E-state index in [0.717, 1.165) is 0 Å². The molecule has 17 heavy (non-hydrogen) atoms. The molecule has 0 saturated carbocycles. The first-order valence-electron chi connectivity index (χ1n) is 4.91. The first-order valence-corrected chi connectivity index (χ1v) is 4.91. The third kappa shape index (κ3) is 4.43. The summed E-state index contributed by atoms with van der Waals surface area (Å²) in [6.45, 7) is 0.155. The highest BCUT2D eigenvalue weighted by Gasteiger charge is 2.28. The lowest BCUT2D eigenvalue weighted by Gasteiger charge is -2.06. The van der Waals surface area contributed by atoms with E-state index in [1.807, 2.05) is 0 Å². The lowest BCUT2D eigenvalue weighted by Crippen LogP contribution is -2.17. The molecule has 0 aliphatic rings. The van der Waals surface area contributed by atoms with Crippen LogP contribution in [0.4, 0.5) is 19.0 Å². The second kappa shape index (κ2) is 5.17. The maximum Gasteiger partial charge on any atom is 0.389 e. The molecular formula is C9H13F3N4O. The molecule has 0 saturated heterocycles. The average molecular weight is 250 g/mol. The smallest absolute Gasteiger partial charge is 0.326 e. The number of hydrogen-bond acceptors (Lipinski definition) is 3. The fourth-order valence-electron chi connectivity index (χ4n) is 1.24. The average Bonchev–Trinajstić information content (AvgIpc) is 2.55. The third-order valence-electron chi connectivity index (χ3n) is 2.02. The third-order valence-corrected chi connectivity index (χ3v) is 2.02. The number of hydrogen-bond donors (Lipinski definition) is 2. The summed E-state index contributed by atoms with van der Waals surface area (Å²) in [6, 6.07) is 0. The monoisotopic (exact) mass is 250 g/mol. The van der Waals surface area contributed by atoms with E-state index >= 15 is 0 Å². The van der Waals surface area contributed by atoms with Crippen molar-refractivity contribution in [3.05, 3.63) is 11.8 Å². The van der Waals surface area contributed by atoms with Crippen molar-refractivity contribution in [1.82, 2.24) is 9.78 Å². The Morgan fingerprint density at radius 1 is 1.59 bits per heavy atom. The predicted octanol–water partition coefficient (Wildman–Crippen LogP) is 1.16. The molecule has 5 nitrogen and oxygen atoms in total. The van der Waals surface area contributed by atoms with Gasteiger partial charge in [0.05, 0.1) is 6.42 Å². The molecule has 0 atom stereocenters. The van der Waals surface area contributed by atoms with Crippen LogP contribution in [-0.4, -0.2) is 21.9 Å². The number of carbonyl (C=O) groups is 1. The number of aromatic nitrogens is 2. The number of carbonyl (C=O) groups excluding carboxylic acids is 1. The Morgan fingerprint density at radius 3 is 2.76 bits per heavy atom. The summed E-state index contributed by atoms with van der Waals surface area (Å²) >= 11 is 0. The maximum absolute atomic E-state index is 11.9. The van der Waals surface area contributed by atoms with Gasteiger partial charge < -0.3 is 11.1 Å². The number of amides is 1. The molecule has 0 unspecified atom stereocenters. The molecule has 1 rings (SSSR count). The number of halogens is 3. The lowest BCUT2D eigenvalue weighted by atomic mass is 10.2. The zero-order valence-electron chi connectivity index (χ0n) is 9.21. The number of rotatable bonds is 4. The molecule has 0 aliphatic heterocycles. The molecule has 8 heteroatoms. The lowest BCUT2D eigenvalue weighted by molar-refractivity contribution is -0.142. The molecule has 0 radical (unpaired) electrons. The topological polar surface area (TPSA) is 72.9 Å². The SMILES string of the molecule is Cn1cc(CN)c(NC(=O)CCC(F)(F)F)n1. The van der Waals surface area contributed by atoms with Gasteiger partial charge in [-0.05, 0) is 0 Å². The van der Waals surface area contributed by atoms with Gasteiger partial charge in [0.1, 0.15) is 0 Å². The number of nitrogens with one attached hydrogen (secondary N) is 1. The Labute approximate surface area is 95.8 Å². The van der Waals surface area contributed by atoms with Crippen LogP contribution in [0, 0.1) is 0 Å². The number of nitrogens with zero attached hydrogens (tertiary/aromatic N) is 2. The minimum Gasteiger partial charge on any atom is -0.326 e. The molecular weight excluding hydrogens is 237 g/mol. The van der Waals surface area contributed by atoms with Crippen LogP contribution in [0.25, 0.3) is 0 Å². The Hall–Kier alpha value is -1.57. The summed E-state index contributed by atoms with van der Waals surface area (Å²) in [5.41, 5.74) is 5.97. The van der Waals surface area contributed by atoms with Gasteiger partial charge in [-0.2, -0.15) is 18.3 Å². The Kier molecular flexibility index (Phi) is 4.11. The second-order valence-corrected chi connectivity index (χ2v) is 3.54. The van der Waals surface area contributed by atoms with E-state index in [1.54, 1.807) is 13.2 Å². The van der Waals surface area contributed by atoms with Crippen molar-refractivity contribution in [3.63, 3.8) is 0 Å². The van der Waals surface area contributed by atoms with Gasteiger partial charge in [-0.3, -0.25) is 9.48 Å². The zero-order valence-corrected chi connectivity index (χ0v) is 9.21. The van der Waals surface area contributed by atoms with E-state index in [9.17, 15) is 18.0 Å². The van der Waals surface area contributed by atoms with Crippen molar-refractivity contribution in [2.45, 2.75) is 25.6 Å². The fraction of sp³-hybridized carbons (Fsp3) is 0.556. The minimum atomic E-state index is -4.34. The van der Waals surface area contributed by atoms with Gasteiger partial charge in [0, 0.05) is 31.8 Å². The van der Waals surface area contributed by atoms with Crippen molar-refractivity contribution < 1.29 is 18.0 Å². The predicted molar refractivity (Wildman–Crippen MR) is 55.0 cm³/mol. The second-order valence-electron chi connectivity index (χ2n) is 3.54. The van der Waals surface area contributed by atoms with E-state index in [0.29, 0.717) is 5.56 Å². The molecule has 96 valence electrons. The van der Waals surface area contributed by atoms with Crippen LogP contribution < -0.4 is 11.1 Å². The fourth-order valence-corrected chi connectivity index (χ4v) is 1.24. The summed E-state index contributed by atoms with van der Waals surface area (Å²) in [6.07, 6.45) is -4.51. The van der Waals surface area contributed by atoms with Crippen LogP contribution >= 0.6 is 0 Å². The van der Waals surface area contributed by atoms with Crippen molar-refractivity contribution in [3.8, 4) is 0 Å². The summed E-state index contributed by atoms with van der Waals surface area (Å²) in [5, 5.41) is 6.19. The van der Waals surface area contributed by atoms with Crippen LogP contribution in [0.2, 0.25) is 0 Å². The van der Waals surface area contributed by atoms with Crippen molar-refractivity contribution in [2.75, 3.05) is 5.32 Å². The number of anilines is 1. The van der Waals surface area contributed by atoms with Gasteiger partial charge in [0.15, 0.2) is 5.82 Å². The van der Waals surface area contributed by atoms with E-state index in [2.05, 4.69) is 10.4 Å². The quantitative estimate of drug-likeness (QED) is 0.842. The van der Waals surface area contributed by atoms with Gasteiger partial charge in [-0.25, -0.2) is 0 Å². The van der Waals surface area contributed by atoms with E-state index in [-0.39, 0.29) is 12.4 Å². The van der Waals surface area contributed by atoms with Crippen molar-refractivity contribution >= 4 is 11.7 Å². The number of aryl methyl sites for hydroxylation is 1. The Morgan fingerprint density at radius 2 is 2.24 bits per heavy atom. The zero-order chi connectivity index (χ0) is 13.1. The molecule has 0 spiro atoms. The molecule has 3 N–H and O–H groups in total. The normalized spacial score (nSPS) is 11.6. The minimum absolute atomic E-state index is 0.155. The summed E-state index contributed by atoms with van der Waals surface area (Å²) in [4.78, 5) is 11.2. The highest BCUT2D eigenvalue weighted by molar-refractivity contribution is 5.90. The summed E-state index contributed by atoms with van der Waals surface area (Å²) in [5.74, 6) is -0.516. The summed E-state index contributed by atoms with van der Waals surface area (Å²) < 4.78 is 37.1. The largest absolute Gasteiger partial charge is 0.389 e. The number of nitrogens with two attached hydrogens (primary N) is 1. The van der Waals surface area contributed by atoms with Gasteiger partial charge in [-0.1, -0.05) is 0 Å². The van der Waals surface area contributed by atoms with Gasteiger partial charge >= 0.3 is 6.18 Å². The summed E-state index contributed by atoms with van der Waals surface area (Å²) in [7, 11) is 1.63. The molecule has 0 aliphatic carbocycles. The van der Waals surface area contributed by atoms with Crippen LogP contribution in [-0.2, 0) is 18.4 Å². The van der Waals surface area contributed by atoms with Crippen molar-refractivity contribution in [2.24, 2.45) is 12.8 Å². The van der Waals surface area contributed by atoms with Crippen LogP contribution in [0.15, 0.2) is 6.20 Å². The molecule has 1 heterocycles. The highest BCUT2D eigenvalue weighted by atomic mass is 19.4. The number of alkyl halides is 3. The van der Waals surface area contributed by atoms with E-state index in [4.69, 9.17) is 5.73 Å². The van der Waals surface area contributed by atoms with Crippen LogP contribution in [0.5, 0.6) is 0 Å². The molecule has 0 aromatic carbocycles.